The molecule has 0 aliphatic carbocycles. The molecule has 0 atom stereocenters. The average molecular weight is 168 g/mol. The van der Waals surface area contributed by atoms with Gasteiger partial charge in [0.15, 0.2) is 0 Å². The number of rotatable bonds is 5. The molecule has 3 nitrogen and oxygen atoms in total. The Hall–Kier alpha value is -0.860. The van der Waals surface area contributed by atoms with Crippen LogP contribution in [-0.2, 0) is 4.74 Å². The van der Waals surface area contributed by atoms with Gasteiger partial charge in [0.2, 0.25) is 5.88 Å². The molecular formula is C9H16N2O. The SMILES string of the molecule is CC(C)CCCOC1=CCN=N1. The van der Waals surface area contributed by atoms with E-state index in [0.717, 1.165) is 18.9 Å². The summed E-state index contributed by atoms with van der Waals surface area (Å²) in [5.41, 5.74) is 0. The summed E-state index contributed by atoms with van der Waals surface area (Å²) in [4.78, 5) is 0. The summed E-state index contributed by atoms with van der Waals surface area (Å²) >= 11 is 0. The fourth-order valence-electron chi connectivity index (χ4n) is 1.03. The van der Waals surface area contributed by atoms with E-state index in [1.54, 1.807) is 0 Å². The minimum atomic E-state index is 0.680. The lowest BCUT2D eigenvalue weighted by molar-refractivity contribution is 0.199. The highest BCUT2D eigenvalue weighted by atomic mass is 16.5. The third-order valence-corrected chi connectivity index (χ3v) is 1.69. The lowest BCUT2D eigenvalue weighted by atomic mass is 10.1. The van der Waals surface area contributed by atoms with Crippen molar-refractivity contribution in [3.63, 3.8) is 0 Å². The van der Waals surface area contributed by atoms with E-state index in [9.17, 15) is 0 Å². The van der Waals surface area contributed by atoms with Crippen LogP contribution in [-0.4, -0.2) is 13.2 Å². The van der Waals surface area contributed by atoms with Crippen LogP contribution in [0.3, 0.4) is 0 Å². The fourth-order valence-corrected chi connectivity index (χ4v) is 1.03. The summed E-state index contributed by atoms with van der Waals surface area (Å²) in [7, 11) is 0. The molecule has 1 aliphatic heterocycles. The lowest BCUT2D eigenvalue weighted by Crippen LogP contribution is -1.95. The van der Waals surface area contributed by atoms with Crippen LogP contribution < -0.4 is 0 Å². The number of azo groups is 1. The minimum Gasteiger partial charge on any atom is -0.477 e. The van der Waals surface area contributed by atoms with Crippen LogP contribution in [0.25, 0.3) is 0 Å². The summed E-state index contributed by atoms with van der Waals surface area (Å²) in [6.07, 6.45) is 4.21. The lowest BCUT2D eigenvalue weighted by Gasteiger charge is -2.05. The van der Waals surface area contributed by atoms with Gasteiger partial charge in [0, 0.05) is 6.08 Å². The Bertz CT molecular complexity index is 185. The minimum absolute atomic E-state index is 0.680. The van der Waals surface area contributed by atoms with Crippen LogP contribution in [0.2, 0.25) is 0 Å². The summed E-state index contributed by atoms with van der Waals surface area (Å²) in [5, 5.41) is 7.60. The first-order valence-electron chi connectivity index (χ1n) is 4.49. The highest BCUT2D eigenvalue weighted by molar-refractivity contribution is 4.95. The second-order valence-electron chi connectivity index (χ2n) is 3.35. The second-order valence-corrected chi connectivity index (χ2v) is 3.35. The first-order chi connectivity index (χ1) is 5.79. The van der Waals surface area contributed by atoms with Gasteiger partial charge in [-0.05, 0) is 18.8 Å². The van der Waals surface area contributed by atoms with E-state index in [4.69, 9.17) is 4.74 Å². The zero-order chi connectivity index (χ0) is 8.81. The van der Waals surface area contributed by atoms with Crippen molar-refractivity contribution >= 4 is 0 Å². The summed E-state index contributed by atoms with van der Waals surface area (Å²) < 4.78 is 5.35. The summed E-state index contributed by atoms with van der Waals surface area (Å²) in [5.74, 6) is 1.45. The fraction of sp³-hybridized carbons (Fsp3) is 0.778. The van der Waals surface area contributed by atoms with Gasteiger partial charge in [-0.1, -0.05) is 13.8 Å². The molecule has 0 fully saturated rings. The van der Waals surface area contributed by atoms with E-state index < -0.39 is 0 Å². The molecule has 0 radical (unpaired) electrons. The Balaban J connectivity index is 1.99. The molecule has 0 aromatic rings. The molecule has 0 saturated carbocycles. The molecule has 0 N–H and O–H groups in total. The quantitative estimate of drug-likeness (QED) is 0.581. The maximum Gasteiger partial charge on any atom is 0.230 e. The molecule has 68 valence electrons. The van der Waals surface area contributed by atoms with E-state index in [2.05, 4.69) is 24.1 Å². The van der Waals surface area contributed by atoms with E-state index >= 15 is 0 Å². The van der Waals surface area contributed by atoms with Crippen molar-refractivity contribution in [1.82, 2.24) is 0 Å². The molecule has 0 saturated heterocycles. The van der Waals surface area contributed by atoms with Gasteiger partial charge in [0.05, 0.1) is 13.2 Å². The van der Waals surface area contributed by atoms with Crippen molar-refractivity contribution in [3.05, 3.63) is 12.0 Å². The maximum atomic E-state index is 5.35. The highest BCUT2D eigenvalue weighted by Crippen LogP contribution is 2.09. The Kier molecular flexibility index (Phi) is 3.77. The third kappa shape index (κ3) is 3.51. The van der Waals surface area contributed by atoms with Gasteiger partial charge >= 0.3 is 0 Å². The molecule has 1 aliphatic rings. The predicted molar refractivity (Wildman–Crippen MR) is 47.8 cm³/mol. The van der Waals surface area contributed by atoms with E-state index in [1.807, 2.05) is 6.08 Å². The number of hydrogen-bond acceptors (Lipinski definition) is 3. The van der Waals surface area contributed by atoms with Gasteiger partial charge in [-0.2, -0.15) is 5.11 Å². The maximum absolute atomic E-state index is 5.35. The molecule has 0 amide bonds. The van der Waals surface area contributed by atoms with Crippen molar-refractivity contribution in [1.29, 1.82) is 0 Å². The van der Waals surface area contributed by atoms with Crippen LogP contribution in [0.5, 0.6) is 0 Å². The molecule has 0 spiro atoms. The van der Waals surface area contributed by atoms with Crippen molar-refractivity contribution in [2.45, 2.75) is 26.7 Å². The Morgan fingerprint density at radius 3 is 3.00 bits per heavy atom. The van der Waals surface area contributed by atoms with Crippen LogP contribution in [0.15, 0.2) is 22.2 Å². The smallest absolute Gasteiger partial charge is 0.230 e. The molecule has 1 heterocycles. The van der Waals surface area contributed by atoms with E-state index in [-0.39, 0.29) is 0 Å². The number of nitrogens with zero attached hydrogens (tertiary/aromatic N) is 2. The topological polar surface area (TPSA) is 34.0 Å². The zero-order valence-corrected chi connectivity index (χ0v) is 7.79. The number of hydrogen-bond donors (Lipinski definition) is 0. The van der Waals surface area contributed by atoms with Crippen LogP contribution >= 0.6 is 0 Å². The van der Waals surface area contributed by atoms with Gasteiger partial charge in [-0.25, -0.2) is 0 Å². The molecule has 0 unspecified atom stereocenters. The van der Waals surface area contributed by atoms with Crippen LogP contribution in [0.4, 0.5) is 0 Å². The van der Waals surface area contributed by atoms with Crippen molar-refractivity contribution in [3.8, 4) is 0 Å². The molecule has 3 heteroatoms. The predicted octanol–water partition coefficient (Wildman–Crippen LogP) is 2.75. The largest absolute Gasteiger partial charge is 0.477 e. The molecule has 0 aromatic carbocycles. The molecule has 0 bridgehead atoms. The molecule has 1 rings (SSSR count). The van der Waals surface area contributed by atoms with Crippen molar-refractivity contribution in [2.24, 2.45) is 16.1 Å². The average Bonchev–Trinajstić information content (AvgIpc) is 2.49. The first kappa shape index (κ1) is 9.23. The van der Waals surface area contributed by atoms with Gasteiger partial charge in [-0.3, -0.25) is 0 Å². The van der Waals surface area contributed by atoms with Crippen molar-refractivity contribution < 1.29 is 4.74 Å². The highest BCUT2D eigenvalue weighted by Gasteiger charge is 2.00. The van der Waals surface area contributed by atoms with E-state index in [1.165, 1.54) is 6.42 Å². The Morgan fingerprint density at radius 1 is 1.58 bits per heavy atom. The van der Waals surface area contributed by atoms with E-state index in [0.29, 0.717) is 12.4 Å². The second kappa shape index (κ2) is 4.91. The Morgan fingerprint density at radius 2 is 2.42 bits per heavy atom. The zero-order valence-electron chi connectivity index (χ0n) is 7.79. The molecule has 0 aromatic heterocycles. The third-order valence-electron chi connectivity index (χ3n) is 1.69. The summed E-state index contributed by atoms with van der Waals surface area (Å²) in [6.45, 7) is 5.88. The van der Waals surface area contributed by atoms with Crippen molar-refractivity contribution in [2.75, 3.05) is 13.2 Å². The monoisotopic (exact) mass is 168 g/mol. The normalized spacial score (nSPS) is 15.4. The number of ether oxygens (including phenoxy) is 1. The van der Waals surface area contributed by atoms with Gasteiger partial charge < -0.3 is 4.74 Å². The molecular weight excluding hydrogens is 152 g/mol. The standard InChI is InChI=1S/C9H16N2O/c1-8(2)4-3-7-12-9-5-6-10-11-9/h5,8H,3-4,6-7H2,1-2H3. The first-order valence-corrected chi connectivity index (χ1v) is 4.49. The van der Waals surface area contributed by atoms with Crippen LogP contribution in [0, 0.1) is 5.92 Å². The van der Waals surface area contributed by atoms with Crippen LogP contribution in [0.1, 0.15) is 26.7 Å². The van der Waals surface area contributed by atoms with Gasteiger partial charge in [0.1, 0.15) is 0 Å². The summed E-state index contributed by atoms with van der Waals surface area (Å²) in [6, 6.07) is 0. The molecule has 12 heavy (non-hydrogen) atoms. The van der Waals surface area contributed by atoms with Gasteiger partial charge in [-0.15, -0.1) is 5.11 Å². The van der Waals surface area contributed by atoms with Gasteiger partial charge in [0.25, 0.3) is 0 Å². The Labute approximate surface area is 73.5 Å².